The molecule has 1 amide bonds. The van der Waals surface area contributed by atoms with E-state index in [1.165, 1.54) is 18.2 Å². The van der Waals surface area contributed by atoms with Crippen molar-refractivity contribution in [2.45, 2.75) is 12.8 Å². The quantitative estimate of drug-likeness (QED) is 0.884. The maximum Gasteiger partial charge on any atom is 0.262 e. The number of amides is 1. The molecule has 6 heteroatoms. The first-order valence-corrected chi connectivity index (χ1v) is 8.22. The van der Waals surface area contributed by atoms with Gasteiger partial charge in [-0.15, -0.1) is 0 Å². The molecule has 1 aliphatic heterocycles. The molecule has 1 aliphatic rings. The lowest BCUT2D eigenvalue weighted by atomic mass is 10.2. The summed E-state index contributed by atoms with van der Waals surface area (Å²) in [5.74, 6) is -0.406. The van der Waals surface area contributed by atoms with E-state index < -0.39 is 5.82 Å². The number of anilines is 2. The van der Waals surface area contributed by atoms with Gasteiger partial charge in [-0.05, 0) is 43.2 Å². The van der Waals surface area contributed by atoms with Crippen LogP contribution in [0.15, 0.2) is 42.5 Å². The van der Waals surface area contributed by atoms with E-state index in [0.29, 0.717) is 16.5 Å². The van der Waals surface area contributed by atoms with Crippen LogP contribution in [0, 0.1) is 5.82 Å². The number of carbonyl (C=O) groups is 1. The Morgan fingerprint density at radius 1 is 1.21 bits per heavy atom. The van der Waals surface area contributed by atoms with E-state index in [0.717, 1.165) is 31.6 Å². The Morgan fingerprint density at radius 3 is 2.75 bits per heavy atom. The highest BCUT2D eigenvalue weighted by molar-refractivity contribution is 6.31. The van der Waals surface area contributed by atoms with E-state index in [1.54, 1.807) is 12.1 Å². The second-order valence-electron chi connectivity index (χ2n) is 5.65. The van der Waals surface area contributed by atoms with Gasteiger partial charge < -0.3 is 15.0 Å². The Morgan fingerprint density at radius 2 is 2.00 bits per heavy atom. The van der Waals surface area contributed by atoms with Gasteiger partial charge in [-0.3, -0.25) is 4.79 Å². The molecular formula is C18H18ClFN2O2. The third-order valence-electron chi connectivity index (χ3n) is 3.85. The van der Waals surface area contributed by atoms with Crippen LogP contribution in [0.4, 0.5) is 15.8 Å². The standard InChI is InChI=1S/C18H18ClFN2O2/c19-13-6-7-17(22-8-1-2-9-22)16(10-13)21-18(23)12-24-15-5-3-4-14(20)11-15/h3-7,10-11H,1-2,8-9,12H2,(H,21,23). The molecule has 0 atom stereocenters. The normalized spacial score (nSPS) is 13.8. The molecule has 0 saturated carbocycles. The van der Waals surface area contributed by atoms with E-state index in [2.05, 4.69) is 10.2 Å². The zero-order valence-electron chi connectivity index (χ0n) is 13.1. The van der Waals surface area contributed by atoms with Gasteiger partial charge in [0, 0.05) is 24.2 Å². The van der Waals surface area contributed by atoms with Crippen LogP contribution in [0.3, 0.4) is 0 Å². The molecule has 0 bridgehead atoms. The second kappa shape index (κ2) is 7.53. The molecule has 0 unspecified atom stereocenters. The molecule has 1 heterocycles. The maximum absolute atomic E-state index is 13.1. The molecule has 126 valence electrons. The number of rotatable bonds is 5. The van der Waals surface area contributed by atoms with Crippen molar-refractivity contribution in [3.8, 4) is 5.75 Å². The first-order valence-electron chi connectivity index (χ1n) is 7.84. The minimum absolute atomic E-state index is 0.199. The average molecular weight is 349 g/mol. The highest BCUT2D eigenvalue weighted by atomic mass is 35.5. The Labute approximate surface area is 145 Å². The number of nitrogens with zero attached hydrogens (tertiary/aromatic N) is 1. The number of halogens is 2. The van der Waals surface area contributed by atoms with Gasteiger partial charge in [0.2, 0.25) is 0 Å². The smallest absolute Gasteiger partial charge is 0.262 e. The number of benzene rings is 2. The first-order chi connectivity index (χ1) is 11.6. The predicted molar refractivity (Wildman–Crippen MR) is 93.4 cm³/mol. The summed E-state index contributed by atoms with van der Waals surface area (Å²) in [7, 11) is 0. The molecule has 0 radical (unpaired) electrons. The lowest BCUT2D eigenvalue weighted by Crippen LogP contribution is -2.24. The number of nitrogens with one attached hydrogen (secondary N) is 1. The summed E-state index contributed by atoms with van der Waals surface area (Å²) >= 11 is 6.05. The third kappa shape index (κ3) is 4.17. The van der Waals surface area contributed by atoms with E-state index in [-0.39, 0.29) is 12.5 Å². The molecule has 0 aromatic heterocycles. The van der Waals surface area contributed by atoms with Gasteiger partial charge in [-0.2, -0.15) is 0 Å². The molecule has 2 aromatic rings. The minimum atomic E-state index is -0.404. The van der Waals surface area contributed by atoms with Gasteiger partial charge in [0.25, 0.3) is 5.91 Å². The Balaban J connectivity index is 1.66. The van der Waals surface area contributed by atoms with Crippen LogP contribution in [0.5, 0.6) is 5.75 Å². The molecule has 1 N–H and O–H groups in total. The van der Waals surface area contributed by atoms with Crippen LogP contribution in [-0.2, 0) is 4.79 Å². The van der Waals surface area contributed by atoms with Crippen molar-refractivity contribution in [2.75, 3.05) is 29.9 Å². The first kappa shape index (κ1) is 16.6. The molecular weight excluding hydrogens is 331 g/mol. The summed E-state index contributed by atoms with van der Waals surface area (Å²) in [6.45, 7) is 1.73. The van der Waals surface area contributed by atoms with E-state index >= 15 is 0 Å². The molecule has 24 heavy (non-hydrogen) atoms. The van der Waals surface area contributed by atoms with Gasteiger partial charge >= 0.3 is 0 Å². The van der Waals surface area contributed by atoms with Gasteiger partial charge in [0.05, 0.1) is 11.4 Å². The molecule has 4 nitrogen and oxygen atoms in total. The lowest BCUT2D eigenvalue weighted by molar-refractivity contribution is -0.118. The molecule has 1 saturated heterocycles. The van der Waals surface area contributed by atoms with Crippen LogP contribution in [0.25, 0.3) is 0 Å². The van der Waals surface area contributed by atoms with Crippen molar-refractivity contribution in [1.29, 1.82) is 0 Å². The predicted octanol–water partition coefficient (Wildman–Crippen LogP) is 4.10. The molecule has 0 spiro atoms. The number of carbonyl (C=O) groups excluding carboxylic acids is 1. The fourth-order valence-electron chi connectivity index (χ4n) is 2.73. The van der Waals surface area contributed by atoms with Crippen molar-refractivity contribution < 1.29 is 13.9 Å². The molecule has 2 aromatic carbocycles. The lowest BCUT2D eigenvalue weighted by Gasteiger charge is -2.22. The number of hydrogen-bond donors (Lipinski definition) is 1. The maximum atomic E-state index is 13.1. The number of ether oxygens (including phenoxy) is 1. The molecule has 1 fully saturated rings. The Bertz CT molecular complexity index is 733. The zero-order valence-corrected chi connectivity index (χ0v) is 13.9. The van der Waals surface area contributed by atoms with E-state index in [4.69, 9.17) is 16.3 Å². The Hall–Kier alpha value is -2.27. The second-order valence-corrected chi connectivity index (χ2v) is 6.09. The van der Waals surface area contributed by atoms with Crippen LogP contribution in [0.1, 0.15) is 12.8 Å². The van der Waals surface area contributed by atoms with Crippen LogP contribution in [-0.4, -0.2) is 25.6 Å². The highest BCUT2D eigenvalue weighted by Crippen LogP contribution is 2.31. The minimum Gasteiger partial charge on any atom is -0.484 e. The topological polar surface area (TPSA) is 41.6 Å². The molecule has 0 aliphatic carbocycles. The fourth-order valence-corrected chi connectivity index (χ4v) is 2.91. The summed E-state index contributed by atoms with van der Waals surface area (Å²) in [5, 5.41) is 3.38. The van der Waals surface area contributed by atoms with Crippen molar-refractivity contribution in [1.82, 2.24) is 0 Å². The van der Waals surface area contributed by atoms with Crippen molar-refractivity contribution in [3.63, 3.8) is 0 Å². The van der Waals surface area contributed by atoms with E-state index in [9.17, 15) is 9.18 Å². The summed E-state index contributed by atoms with van der Waals surface area (Å²) in [6.07, 6.45) is 2.28. The SMILES string of the molecule is O=C(COc1cccc(F)c1)Nc1cc(Cl)ccc1N1CCCC1. The van der Waals surface area contributed by atoms with E-state index in [1.807, 2.05) is 12.1 Å². The molecule has 3 rings (SSSR count). The highest BCUT2D eigenvalue weighted by Gasteiger charge is 2.17. The van der Waals surface area contributed by atoms with Crippen LogP contribution in [0.2, 0.25) is 5.02 Å². The van der Waals surface area contributed by atoms with Crippen molar-refractivity contribution in [2.24, 2.45) is 0 Å². The average Bonchev–Trinajstić information content (AvgIpc) is 3.07. The van der Waals surface area contributed by atoms with Crippen LogP contribution >= 0.6 is 11.6 Å². The summed E-state index contributed by atoms with van der Waals surface area (Å²) in [5.41, 5.74) is 1.62. The van der Waals surface area contributed by atoms with Gasteiger partial charge in [-0.25, -0.2) is 4.39 Å². The number of hydrogen-bond acceptors (Lipinski definition) is 3. The Kier molecular flexibility index (Phi) is 5.20. The zero-order chi connectivity index (χ0) is 16.9. The largest absolute Gasteiger partial charge is 0.484 e. The summed E-state index contributed by atoms with van der Waals surface area (Å²) in [4.78, 5) is 14.4. The van der Waals surface area contributed by atoms with Gasteiger partial charge in [0.1, 0.15) is 11.6 Å². The van der Waals surface area contributed by atoms with Crippen molar-refractivity contribution in [3.05, 3.63) is 53.3 Å². The van der Waals surface area contributed by atoms with Gasteiger partial charge in [0.15, 0.2) is 6.61 Å². The summed E-state index contributed by atoms with van der Waals surface area (Å²) < 4.78 is 18.4. The summed E-state index contributed by atoms with van der Waals surface area (Å²) in [6, 6.07) is 11.2. The van der Waals surface area contributed by atoms with Crippen molar-refractivity contribution >= 4 is 28.9 Å². The van der Waals surface area contributed by atoms with Crippen LogP contribution < -0.4 is 15.0 Å². The van der Waals surface area contributed by atoms with Gasteiger partial charge in [-0.1, -0.05) is 17.7 Å². The third-order valence-corrected chi connectivity index (χ3v) is 4.08. The fraction of sp³-hybridized carbons (Fsp3) is 0.278. The monoisotopic (exact) mass is 348 g/mol.